The van der Waals surface area contributed by atoms with Crippen molar-refractivity contribution in [1.29, 1.82) is 0 Å². The molecular formula is C19H23N3O3S2. The van der Waals surface area contributed by atoms with Crippen molar-refractivity contribution in [2.45, 2.75) is 24.8 Å². The molecule has 0 unspecified atom stereocenters. The minimum Gasteiger partial charge on any atom is -0.375 e. The lowest BCUT2D eigenvalue weighted by atomic mass is 10.3. The summed E-state index contributed by atoms with van der Waals surface area (Å²) in [5.74, 6) is 0. The zero-order valence-corrected chi connectivity index (χ0v) is 17.0. The van der Waals surface area contributed by atoms with Crippen molar-refractivity contribution < 1.29 is 8.42 Å². The molecule has 1 N–H and O–H groups in total. The van der Waals surface area contributed by atoms with E-state index in [0.717, 1.165) is 29.1 Å². The third kappa shape index (κ3) is 4.40. The summed E-state index contributed by atoms with van der Waals surface area (Å²) in [4.78, 5) is 14.1. The highest BCUT2D eigenvalue weighted by atomic mass is 32.2. The van der Waals surface area contributed by atoms with E-state index in [4.69, 9.17) is 0 Å². The number of nitrogens with zero attached hydrogens (tertiary/aromatic N) is 2. The molecular weight excluding hydrogens is 382 g/mol. The second-order valence-electron chi connectivity index (χ2n) is 6.25. The minimum atomic E-state index is -3.60. The van der Waals surface area contributed by atoms with Crippen molar-refractivity contribution in [3.63, 3.8) is 0 Å². The Morgan fingerprint density at radius 1 is 1.15 bits per heavy atom. The average molecular weight is 406 g/mol. The van der Waals surface area contributed by atoms with Crippen LogP contribution in [0.2, 0.25) is 0 Å². The van der Waals surface area contributed by atoms with E-state index in [1.54, 1.807) is 22.8 Å². The molecule has 6 nitrogen and oxygen atoms in total. The normalized spacial score (nSPS) is 11.8. The van der Waals surface area contributed by atoms with Gasteiger partial charge in [0, 0.05) is 32.4 Å². The number of benzene rings is 2. The van der Waals surface area contributed by atoms with Crippen LogP contribution in [-0.2, 0) is 16.6 Å². The van der Waals surface area contributed by atoms with Gasteiger partial charge in [0.2, 0.25) is 10.0 Å². The molecule has 0 aliphatic heterocycles. The van der Waals surface area contributed by atoms with Crippen molar-refractivity contribution in [2.24, 2.45) is 0 Å². The van der Waals surface area contributed by atoms with Gasteiger partial charge in [-0.3, -0.25) is 9.36 Å². The van der Waals surface area contributed by atoms with E-state index >= 15 is 0 Å². The molecule has 2 aromatic carbocycles. The SMILES string of the molecule is CCn1c(=O)sc2cc(S(=O)(=O)NCCCN(C)c3ccccc3)ccc21. The van der Waals surface area contributed by atoms with Gasteiger partial charge in [0.25, 0.3) is 0 Å². The van der Waals surface area contributed by atoms with Gasteiger partial charge in [-0.05, 0) is 43.7 Å². The van der Waals surface area contributed by atoms with E-state index in [9.17, 15) is 13.2 Å². The molecule has 1 heterocycles. The Balaban J connectivity index is 1.63. The molecule has 0 radical (unpaired) electrons. The van der Waals surface area contributed by atoms with Crippen LogP contribution in [0.5, 0.6) is 0 Å². The van der Waals surface area contributed by atoms with Crippen molar-refractivity contribution in [1.82, 2.24) is 9.29 Å². The number of sulfonamides is 1. The molecule has 0 aliphatic carbocycles. The Morgan fingerprint density at radius 2 is 1.89 bits per heavy atom. The summed E-state index contributed by atoms with van der Waals surface area (Å²) in [6.07, 6.45) is 0.687. The molecule has 0 saturated heterocycles. The van der Waals surface area contributed by atoms with Crippen molar-refractivity contribution in [3.05, 3.63) is 58.2 Å². The Morgan fingerprint density at radius 3 is 2.59 bits per heavy atom. The first-order valence-electron chi connectivity index (χ1n) is 8.81. The summed E-state index contributed by atoms with van der Waals surface area (Å²) >= 11 is 1.07. The molecule has 1 aromatic heterocycles. The van der Waals surface area contributed by atoms with Gasteiger partial charge in [-0.1, -0.05) is 29.5 Å². The Hall–Kier alpha value is -2.16. The summed E-state index contributed by atoms with van der Waals surface area (Å²) in [5, 5.41) is 0. The lowest BCUT2D eigenvalue weighted by Gasteiger charge is -2.19. The molecule has 3 rings (SSSR count). The minimum absolute atomic E-state index is 0.0704. The van der Waals surface area contributed by atoms with Crippen molar-refractivity contribution in [2.75, 3.05) is 25.0 Å². The quantitative estimate of drug-likeness (QED) is 0.585. The summed E-state index contributed by atoms with van der Waals surface area (Å²) in [6.45, 7) is 3.56. The molecule has 0 aliphatic rings. The molecule has 3 aromatic rings. The number of aromatic nitrogens is 1. The maximum Gasteiger partial charge on any atom is 0.308 e. The predicted molar refractivity (Wildman–Crippen MR) is 111 cm³/mol. The number of anilines is 1. The van der Waals surface area contributed by atoms with Crippen LogP contribution in [0.4, 0.5) is 5.69 Å². The summed E-state index contributed by atoms with van der Waals surface area (Å²) in [7, 11) is -1.61. The number of fused-ring (bicyclic) bond motifs is 1. The summed E-state index contributed by atoms with van der Waals surface area (Å²) in [5.41, 5.74) is 1.87. The third-order valence-corrected chi connectivity index (χ3v) is 6.83. The van der Waals surface area contributed by atoms with E-state index in [2.05, 4.69) is 9.62 Å². The van der Waals surface area contributed by atoms with Gasteiger partial charge in [0.05, 0.1) is 15.1 Å². The Kier molecular flexibility index (Phi) is 5.98. The molecule has 0 atom stereocenters. The number of thiazole rings is 1. The van der Waals surface area contributed by atoms with E-state index in [1.165, 1.54) is 0 Å². The topological polar surface area (TPSA) is 71.4 Å². The van der Waals surface area contributed by atoms with E-state index in [-0.39, 0.29) is 9.77 Å². The van der Waals surface area contributed by atoms with Gasteiger partial charge in [-0.15, -0.1) is 0 Å². The maximum absolute atomic E-state index is 12.5. The Bertz CT molecular complexity index is 1070. The van der Waals surface area contributed by atoms with Gasteiger partial charge in [0.15, 0.2) is 0 Å². The van der Waals surface area contributed by atoms with E-state index in [0.29, 0.717) is 24.2 Å². The van der Waals surface area contributed by atoms with Gasteiger partial charge in [-0.2, -0.15) is 0 Å². The molecule has 144 valence electrons. The first kappa shape index (κ1) is 19.6. The highest BCUT2D eigenvalue weighted by Crippen LogP contribution is 2.21. The zero-order chi connectivity index (χ0) is 19.4. The van der Waals surface area contributed by atoms with Gasteiger partial charge < -0.3 is 4.90 Å². The molecule has 0 fully saturated rings. The molecule has 8 heteroatoms. The molecule has 0 spiro atoms. The molecule has 0 bridgehead atoms. The second kappa shape index (κ2) is 8.24. The number of aryl methyl sites for hydroxylation is 1. The highest BCUT2D eigenvalue weighted by Gasteiger charge is 2.16. The van der Waals surface area contributed by atoms with E-state index in [1.807, 2.05) is 44.3 Å². The molecule has 0 amide bonds. The number of rotatable bonds is 8. The van der Waals surface area contributed by atoms with Crippen LogP contribution in [-0.4, -0.2) is 33.1 Å². The number of nitrogens with one attached hydrogen (secondary N) is 1. The summed E-state index contributed by atoms with van der Waals surface area (Å²) in [6, 6.07) is 14.8. The van der Waals surface area contributed by atoms with Gasteiger partial charge >= 0.3 is 4.87 Å². The van der Waals surface area contributed by atoms with Gasteiger partial charge in [-0.25, -0.2) is 13.1 Å². The van der Waals surface area contributed by atoms with E-state index < -0.39 is 10.0 Å². The van der Waals surface area contributed by atoms with Crippen molar-refractivity contribution >= 4 is 37.3 Å². The first-order valence-corrected chi connectivity index (χ1v) is 11.1. The molecule has 0 saturated carbocycles. The number of hydrogen-bond donors (Lipinski definition) is 1. The molecule has 27 heavy (non-hydrogen) atoms. The van der Waals surface area contributed by atoms with Crippen molar-refractivity contribution in [3.8, 4) is 0 Å². The monoisotopic (exact) mass is 405 g/mol. The fourth-order valence-electron chi connectivity index (χ4n) is 2.93. The third-order valence-electron chi connectivity index (χ3n) is 4.43. The van der Waals surface area contributed by atoms with Crippen LogP contribution in [0.1, 0.15) is 13.3 Å². The highest BCUT2D eigenvalue weighted by molar-refractivity contribution is 7.89. The standard InChI is InChI=1S/C19H23N3O3S2/c1-3-22-17-11-10-16(14-18(17)26-19(22)23)27(24,25)20-12-7-13-21(2)15-8-5-4-6-9-15/h4-6,8-11,14,20H,3,7,12-13H2,1-2H3. The second-order valence-corrected chi connectivity index (χ2v) is 9.01. The van der Waals surface area contributed by atoms with Crippen LogP contribution in [0.25, 0.3) is 10.2 Å². The fraction of sp³-hybridized carbons (Fsp3) is 0.316. The smallest absolute Gasteiger partial charge is 0.308 e. The maximum atomic E-state index is 12.5. The van der Waals surface area contributed by atoms with Crippen LogP contribution in [0, 0.1) is 0 Å². The number of para-hydroxylation sites is 1. The van der Waals surface area contributed by atoms with Crippen LogP contribution >= 0.6 is 11.3 Å². The largest absolute Gasteiger partial charge is 0.375 e. The van der Waals surface area contributed by atoms with Gasteiger partial charge in [0.1, 0.15) is 0 Å². The fourth-order valence-corrected chi connectivity index (χ4v) is 5.10. The lowest BCUT2D eigenvalue weighted by Crippen LogP contribution is -2.28. The average Bonchev–Trinajstić information content (AvgIpc) is 2.99. The summed E-state index contributed by atoms with van der Waals surface area (Å²) < 4.78 is 30.1. The van der Waals surface area contributed by atoms with Crippen LogP contribution < -0.4 is 14.5 Å². The lowest BCUT2D eigenvalue weighted by molar-refractivity contribution is 0.579. The predicted octanol–water partition coefficient (Wildman–Crippen LogP) is 2.89. The first-order chi connectivity index (χ1) is 12.9. The zero-order valence-electron chi connectivity index (χ0n) is 15.4. The number of hydrogen-bond acceptors (Lipinski definition) is 5. The van der Waals surface area contributed by atoms with Crippen LogP contribution in [0.3, 0.4) is 0 Å². The Labute approximate surface area is 163 Å². The van der Waals surface area contributed by atoms with Crippen LogP contribution in [0.15, 0.2) is 58.2 Å².